The van der Waals surface area contributed by atoms with Crippen LogP contribution in [0.4, 0.5) is 0 Å². The van der Waals surface area contributed by atoms with Crippen LogP contribution in [0.1, 0.15) is 72.1 Å². The van der Waals surface area contributed by atoms with E-state index in [-0.39, 0.29) is 4.75 Å². The van der Waals surface area contributed by atoms with E-state index in [0.29, 0.717) is 6.04 Å². The van der Waals surface area contributed by atoms with Crippen molar-refractivity contribution in [1.82, 2.24) is 4.72 Å². The van der Waals surface area contributed by atoms with Gasteiger partial charge in [-0.25, -0.2) is 0 Å². The van der Waals surface area contributed by atoms with Gasteiger partial charge in [-0.3, -0.25) is 0 Å². The fourth-order valence-electron chi connectivity index (χ4n) is 2.93. The SMILES string of the molecule is CC(C)(C)[S+]([O-])N[C@H](CC1CCCCC1)C1CC1. The summed E-state index contributed by atoms with van der Waals surface area (Å²) in [7, 11) is 0. The van der Waals surface area contributed by atoms with Crippen molar-refractivity contribution >= 4 is 11.4 Å². The molecular formula is C15H29NOS. The first-order valence-corrected chi connectivity index (χ1v) is 8.80. The summed E-state index contributed by atoms with van der Waals surface area (Å²) in [6.45, 7) is 6.17. The van der Waals surface area contributed by atoms with Crippen molar-refractivity contribution in [3.8, 4) is 0 Å². The minimum absolute atomic E-state index is 0.139. The van der Waals surface area contributed by atoms with Gasteiger partial charge in [0, 0.05) is 11.4 Å². The molecule has 0 aromatic carbocycles. The lowest BCUT2D eigenvalue weighted by Crippen LogP contribution is -2.46. The van der Waals surface area contributed by atoms with E-state index in [1.165, 1.54) is 51.4 Å². The van der Waals surface area contributed by atoms with Gasteiger partial charge in [0.15, 0.2) is 0 Å². The van der Waals surface area contributed by atoms with E-state index >= 15 is 0 Å². The summed E-state index contributed by atoms with van der Waals surface area (Å²) in [5.41, 5.74) is 0. The normalized spacial score (nSPS) is 26.0. The van der Waals surface area contributed by atoms with Crippen molar-refractivity contribution in [2.75, 3.05) is 0 Å². The van der Waals surface area contributed by atoms with Crippen LogP contribution in [0.3, 0.4) is 0 Å². The lowest BCUT2D eigenvalue weighted by atomic mass is 9.84. The topological polar surface area (TPSA) is 35.1 Å². The fraction of sp³-hybridized carbons (Fsp3) is 1.00. The lowest BCUT2D eigenvalue weighted by Gasteiger charge is -2.31. The molecule has 18 heavy (non-hydrogen) atoms. The molecule has 0 spiro atoms. The van der Waals surface area contributed by atoms with Gasteiger partial charge >= 0.3 is 0 Å². The highest BCUT2D eigenvalue weighted by atomic mass is 32.2. The van der Waals surface area contributed by atoms with Gasteiger partial charge in [0.25, 0.3) is 0 Å². The number of rotatable bonds is 5. The van der Waals surface area contributed by atoms with E-state index in [0.717, 1.165) is 11.8 Å². The minimum Gasteiger partial charge on any atom is -0.598 e. The maximum Gasteiger partial charge on any atom is 0.136 e. The van der Waals surface area contributed by atoms with E-state index < -0.39 is 11.4 Å². The average Bonchev–Trinajstić information content (AvgIpc) is 3.12. The van der Waals surface area contributed by atoms with Crippen molar-refractivity contribution in [1.29, 1.82) is 0 Å². The van der Waals surface area contributed by atoms with Crippen molar-refractivity contribution in [3.63, 3.8) is 0 Å². The molecule has 2 aliphatic rings. The van der Waals surface area contributed by atoms with Crippen LogP contribution in [0.2, 0.25) is 0 Å². The molecule has 2 fully saturated rings. The zero-order valence-corrected chi connectivity index (χ0v) is 13.0. The van der Waals surface area contributed by atoms with Gasteiger partial charge in [0.2, 0.25) is 0 Å². The van der Waals surface area contributed by atoms with Crippen LogP contribution in [0.25, 0.3) is 0 Å². The summed E-state index contributed by atoms with van der Waals surface area (Å²) in [6.07, 6.45) is 11.0. The zero-order valence-electron chi connectivity index (χ0n) is 12.2. The van der Waals surface area contributed by atoms with Gasteiger partial charge in [-0.2, -0.15) is 0 Å². The molecule has 0 bridgehead atoms. The molecule has 2 atom stereocenters. The molecule has 0 aromatic heterocycles. The molecule has 1 unspecified atom stereocenters. The fourth-order valence-corrected chi connectivity index (χ4v) is 3.85. The van der Waals surface area contributed by atoms with Crippen LogP contribution < -0.4 is 4.72 Å². The van der Waals surface area contributed by atoms with Gasteiger partial charge in [0.1, 0.15) is 4.75 Å². The lowest BCUT2D eigenvalue weighted by molar-refractivity contribution is 0.298. The molecule has 0 aliphatic heterocycles. The molecule has 0 radical (unpaired) electrons. The maximum absolute atomic E-state index is 12.2. The molecule has 3 heteroatoms. The van der Waals surface area contributed by atoms with Gasteiger partial charge in [-0.15, -0.1) is 4.72 Å². The summed E-state index contributed by atoms with van der Waals surface area (Å²) in [4.78, 5) is 0. The van der Waals surface area contributed by atoms with Crippen molar-refractivity contribution in [2.45, 2.75) is 82.9 Å². The quantitative estimate of drug-likeness (QED) is 0.772. The van der Waals surface area contributed by atoms with Crippen LogP contribution in [0.15, 0.2) is 0 Å². The Balaban J connectivity index is 1.83. The Hall–Kier alpha value is 0.270. The molecule has 0 amide bonds. The summed E-state index contributed by atoms with van der Waals surface area (Å²) < 4.78 is 15.5. The second kappa shape index (κ2) is 6.15. The summed E-state index contributed by atoms with van der Waals surface area (Å²) >= 11 is -0.902. The predicted molar refractivity (Wildman–Crippen MR) is 78.7 cm³/mol. The summed E-state index contributed by atoms with van der Waals surface area (Å²) in [6, 6.07) is 0.508. The van der Waals surface area contributed by atoms with Crippen LogP contribution >= 0.6 is 0 Å². The van der Waals surface area contributed by atoms with Crippen molar-refractivity contribution in [2.24, 2.45) is 11.8 Å². The smallest absolute Gasteiger partial charge is 0.136 e. The van der Waals surface area contributed by atoms with Crippen LogP contribution in [-0.2, 0) is 11.4 Å². The van der Waals surface area contributed by atoms with Gasteiger partial charge in [0.05, 0.1) is 6.04 Å². The third kappa shape index (κ3) is 4.43. The Morgan fingerprint density at radius 2 is 1.72 bits per heavy atom. The third-order valence-corrected chi connectivity index (χ3v) is 5.95. The van der Waals surface area contributed by atoms with Gasteiger partial charge in [-0.1, -0.05) is 32.1 Å². The Morgan fingerprint density at radius 3 is 2.22 bits per heavy atom. The van der Waals surface area contributed by atoms with Gasteiger partial charge < -0.3 is 4.55 Å². The van der Waals surface area contributed by atoms with E-state index in [1.807, 2.05) is 0 Å². The molecule has 2 saturated carbocycles. The number of nitrogens with one attached hydrogen (secondary N) is 1. The minimum atomic E-state index is -0.902. The van der Waals surface area contributed by atoms with E-state index in [1.54, 1.807) is 0 Å². The first kappa shape index (κ1) is 14.7. The van der Waals surface area contributed by atoms with E-state index in [9.17, 15) is 4.55 Å². The number of hydrogen-bond donors (Lipinski definition) is 1. The molecule has 0 aromatic rings. The Labute approximate surface area is 116 Å². The highest BCUT2D eigenvalue weighted by Crippen LogP contribution is 2.38. The monoisotopic (exact) mass is 271 g/mol. The highest BCUT2D eigenvalue weighted by molar-refractivity contribution is 7.90. The predicted octanol–water partition coefficient (Wildman–Crippen LogP) is 3.79. The second-order valence-electron chi connectivity index (χ2n) is 7.18. The second-order valence-corrected chi connectivity index (χ2v) is 9.18. The Kier molecular flexibility index (Phi) is 5.01. The summed E-state index contributed by atoms with van der Waals surface area (Å²) in [5.74, 6) is 1.69. The maximum atomic E-state index is 12.2. The largest absolute Gasteiger partial charge is 0.598 e. The summed E-state index contributed by atoms with van der Waals surface area (Å²) in [5, 5.41) is 0. The zero-order chi connectivity index (χ0) is 13.2. The first-order chi connectivity index (χ1) is 8.47. The van der Waals surface area contributed by atoms with Crippen molar-refractivity contribution in [3.05, 3.63) is 0 Å². The molecule has 1 N–H and O–H groups in total. The Bertz CT molecular complexity index is 254. The molecule has 2 aliphatic carbocycles. The molecular weight excluding hydrogens is 242 g/mol. The van der Waals surface area contributed by atoms with Crippen LogP contribution in [0.5, 0.6) is 0 Å². The van der Waals surface area contributed by atoms with E-state index in [4.69, 9.17) is 0 Å². The molecule has 0 heterocycles. The Morgan fingerprint density at radius 1 is 1.11 bits per heavy atom. The van der Waals surface area contributed by atoms with Crippen molar-refractivity contribution < 1.29 is 4.55 Å². The molecule has 2 rings (SSSR count). The molecule has 2 nitrogen and oxygen atoms in total. The third-order valence-electron chi connectivity index (χ3n) is 4.32. The molecule has 0 saturated heterocycles. The van der Waals surface area contributed by atoms with E-state index in [2.05, 4.69) is 25.5 Å². The standard InChI is InChI=1S/C15H29NOS/c1-15(2,3)18(17)16-14(13-9-10-13)11-12-7-5-4-6-8-12/h12-14,16H,4-11H2,1-3H3/t14-,18?/m1/s1. The van der Waals surface area contributed by atoms with Crippen LogP contribution in [-0.4, -0.2) is 15.3 Å². The molecule has 106 valence electrons. The van der Waals surface area contributed by atoms with Gasteiger partial charge in [-0.05, 0) is 51.9 Å². The van der Waals surface area contributed by atoms with Crippen LogP contribution in [0, 0.1) is 11.8 Å². The first-order valence-electron chi connectivity index (χ1n) is 7.65. The number of hydrogen-bond acceptors (Lipinski definition) is 2. The average molecular weight is 271 g/mol. The highest BCUT2D eigenvalue weighted by Gasteiger charge is 2.38.